The van der Waals surface area contributed by atoms with Gasteiger partial charge in [0.15, 0.2) is 0 Å². The highest BCUT2D eigenvalue weighted by atomic mass is 32.2. The van der Waals surface area contributed by atoms with E-state index in [-0.39, 0.29) is 10.6 Å². The fourth-order valence-corrected chi connectivity index (χ4v) is 4.34. The average Bonchev–Trinajstić information content (AvgIpc) is 2.73. The summed E-state index contributed by atoms with van der Waals surface area (Å²) >= 11 is 0. The number of sulfonamides is 1. The van der Waals surface area contributed by atoms with Gasteiger partial charge >= 0.3 is 0 Å². The number of piperidine rings is 2. The van der Waals surface area contributed by atoms with Crippen molar-refractivity contribution in [3.05, 3.63) is 28.3 Å². The number of nitrogens with two attached hydrogens (primary N) is 2. The van der Waals surface area contributed by atoms with Crippen LogP contribution in [0.4, 0.5) is 11.4 Å². The second-order valence-electron chi connectivity index (χ2n) is 8.59. The number of rotatable bonds is 6. The van der Waals surface area contributed by atoms with Gasteiger partial charge < -0.3 is 20.9 Å². The van der Waals surface area contributed by atoms with Crippen LogP contribution in [0.25, 0.3) is 0 Å². The number of benzene rings is 1. The Morgan fingerprint density at radius 3 is 2.03 bits per heavy atom. The SMILES string of the molecule is CN1CCC(CN)CC1.CN1CCC(CNc2ccc(S(N)(=O)=O)cc2[N+](=O)[O-])CC1. The smallest absolute Gasteiger partial charge is 0.293 e. The van der Waals surface area contributed by atoms with E-state index >= 15 is 0 Å². The van der Waals surface area contributed by atoms with Crippen molar-refractivity contribution in [3.63, 3.8) is 0 Å². The predicted octanol–water partition coefficient (Wildman–Crippen LogP) is 1.28. The Balaban J connectivity index is 0.000000316. The highest BCUT2D eigenvalue weighted by Crippen LogP contribution is 2.28. The van der Waals surface area contributed by atoms with E-state index in [0.29, 0.717) is 18.2 Å². The van der Waals surface area contributed by atoms with Crippen LogP contribution in [0.2, 0.25) is 0 Å². The molecule has 2 aliphatic heterocycles. The van der Waals surface area contributed by atoms with Crippen molar-refractivity contribution in [2.24, 2.45) is 22.7 Å². The first kappa shape index (κ1) is 25.5. The molecule has 11 heteroatoms. The number of primary sulfonamides is 1. The molecule has 0 aliphatic carbocycles. The lowest BCUT2D eigenvalue weighted by molar-refractivity contribution is -0.384. The van der Waals surface area contributed by atoms with Crippen molar-refractivity contribution >= 4 is 21.4 Å². The highest BCUT2D eigenvalue weighted by molar-refractivity contribution is 7.89. The summed E-state index contributed by atoms with van der Waals surface area (Å²) in [5, 5.41) is 19.2. The molecule has 0 amide bonds. The van der Waals surface area contributed by atoms with Crippen molar-refractivity contribution in [2.75, 3.05) is 58.7 Å². The number of hydrogen-bond donors (Lipinski definition) is 3. The zero-order valence-electron chi connectivity index (χ0n) is 18.5. The summed E-state index contributed by atoms with van der Waals surface area (Å²) in [7, 11) is 0.288. The maximum atomic E-state index is 11.3. The van der Waals surface area contributed by atoms with E-state index in [0.717, 1.165) is 44.5 Å². The van der Waals surface area contributed by atoms with Gasteiger partial charge in [0, 0.05) is 12.6 Å². The van der Waals surface area contributed by atoms with E-state index in [2.05, 4.69) is 29.2 Å². The molecule has 3 rings (SSSR count). The molecule has 31 heavy (non-hydrogen) atoms. The lowest BCUT2D eigenvalue weighted by Gasteiger charge is -2.29. The van der Waals surface area contributed by atoms with Gasteiger partial charge in [-0.15, -0.1) is 0 Å². The molecule has 2 fully saturated rings. The fourth-order valence-electron chi connectivity index (χ4n) is 3.81. The normalized spacial score (nSPS) is 19.5. The molecule has 0 atom stereocenters. The molecular formula is C20H36N6O4S. The van der Waals surface area contributed by atoms with E-state index in [1.54, 1.807) is 0 Å². The maximum absolute atomic E-state index is 11.3. The number of nitro groups is 1. The van der Waals surface area contributed by atoms with Gasteiger partial charge in [-0.25, -0.2) is 13.6 Å². The molecule has 10 nitrogen and oxygen atoms in total. The van der Waals surface area contributed by atoms with Gasteiger partial charge in [-0.3, -0.25) is 10.1 Å². The van der Waals surface area contributed by atoms with Crippen LogP contribution < -0.4 is 16.2 Å². The van der Waals surface area contributed by atoms with Gasteiger partial charge in [0.2, 0.25) is 10.0 Å². The lowest BCUT2D eigenvalue weighted by atomic mass is 9.97. The molecule has 0 spiro atoms. The minimum absolute atomic E-state index is 0.260. The summed E-state index contributed by atoms with van der Waals surface area (Å²) in [6.45, 7) is 6.01. The largest absolute Gasteiger partial charge is 0.379 e. The fraction of sp³-hybridized carbons (Fsp3) is 0.700. The van der Waals surface area contributed by atoms with E-state index in [9.17, 15) is 18.5 Å². The molecule has 1 aromatic rings. The van der Waals surface area contributed by atoms with Crippen molar-refractivity contribution < 1.29 is 13.3 Å². The quantitative estimate of drug-likeness (QED) is 0.428. The summed E-state index contributed by atoms with van der Waals surface area (Å²) in [5.41, 5.74) is 5.57. The monoisotopic (exact) mass is 456 g/mol. The van der Waals surface area contributed by atoms with Crippen LogP contribution in [0.1, 0.15) is 25.7 Å². The number of likely N-dealkylation sites (tertiary alicyclic amines) is 2. The van der Waals surface area contributed by atoms with E-state index in [4.69, 9.17) is 10.9 Å². The van der Waals surface area contributed by atoms with E-state index in [1.165, 1.54) is 38.1 Å². The van der Waals surface area contributed by atoms with E-state index in [1.807, 2.05) is 0 Å². The summed E-state index contributed by atoms with van der Waals surface area (Å²) in [6.07, 6.45) is 4.67. The van der Waals surface area contributed by atoms with Gasteiger partial charge in [-0.2, -0.15) is 0 Å². The van der Waals surface area contributed by atoms with Crippen LogP contribution in [-0.4, -0.2) is 76.5 Å². The third-order valence-corrected chi connectivity index (χ3v) is 7.00. The van der Waals surface area contributed by atoms with Crippen LogP contribution >= 0.6 is 0 Å². The highest BCUT2D eigenvalue weighted by Gasteiger charge is 2.21. The second-order valence-corrected chi connectivity index (χ2v) is 10.2. The number of nitro benzene ring substituents is 1. The molecule has 2 heterocycles. The molecule has 176 valence electrons. The van der Waals surface area contributed by atoms with Crippen molar-refractivity contribution in [1.29, 1.82) is 0 Å². The molecule has 0 bridgehead atoms. The first-order valence-corrected chi connectivity index (χ1v) is 12.3. The summed E-state index contributed by atoms with van der Waals surface area (Å²) in [6, 6.07) is 3.67. The molecule has 5 N–H and O–H groups in total. The molecular weight excluding hydrogens is 420 g/mol. The summed E-state index contributed by atoms with van der Waals surface area (Å²) in [5.74, 6) is 1.26. The van der Waals surface area contributed by atoms with Crippen molar-refractivity contribution in [3.8, 4) is 0 Å². The first-order valence-electron chi connectivity index (χ1n) is 10.7. The van der Waals surface area contributed by atoms with Crippen LogP contribution in [-0.2, 0) is 10.0 Å². The number of nitrogens with one attached hydrogen (secondary N) is 1. The molecule has 0 radical (unpaired) electrons. The second kappa shape index (κ2) is 11.7. The van der Waals surface area contributed by atoms with Crippen LogP contribution in [0.3, 0.4) is 0 Å². The Morgan fingerprint density at radius 2 is 1.58 bits per heavy atom. The molecule has 0 saturated carbocycles. The first-order chi connectivity index (χ1) is 14.6. The Hall–Kier alpha value is -1.79. The number of hydrogen-bond acceptors (Lipinski definition) is 8. The number of nitrogens with zero attached hydrogens (tertiary/aromatic N) is 3. The molecule has 0 aromatic heterocycles. The zero-order chi connectivity index (χ0) is 23.0. The van der Waals surface area contributed by atoms with Crippen molar-refractivity contribution in [2.45, 2.75) is 30.6 Å². The average molecular weight is 457 g/mol. The summed E-state index contributed by atoms with van der Waals surface area (Å²) < 4.78 is 22.6. The van der Waals surface area contributed by atoms with Gasteiger partial charge in [0.25, 0.3) is 5.69 Å². The molecule has 2 saturated heterocycles. The van der Waals surface area contributed by atoms with Crippen molar-refractivity contribution in [1.82, 2.24) is 9.80 Å². The zero-order valence-corrected chi connectivity index (χ0v) is 19.3. The third-order valence-electron chi connectivity index (χ3n) is 6.09. The maximum Gasteiger partial charge on any atom is 0.293 e. The minimum Gasteiger partial charge on any atom is -0.379 e. The standard InChI is InChI=1S/C13H20N4O4S.C7H16N2/c1-16-6-4-10(5-7-16)9-15-12-3-2-11(22(14,20)21)8-13(12)17(18)19;1-9-4-2-7(6-8)3-5-9/h2-3,8,10,15H,4-7,9H2,1H3,(H2,14,20,21);7H,2-6,8H2,1H3. The molecule has 1 aromatic carbocycles. The van der Waals surface area contributed by atoms with Crippen LogP contribution in [0, 0.1) is 22.0 Å². The van der Waals surface area contributed by atoms with Gasteiger partial charge in [0.1, 0.15) is 5.69 Å². The van der Waals surface area contributed by atoms with E-state index < -0.39 is 14.9 Å². The molecule has 2 aliphatic rings. The van der Waals surface area contributed by atoms with Crippen LogP contribution in [0.5, 0.6) is 0 Å². The Labute approximate surface area is 185 Å². The topological polar surface area (TPSA) is 148 Å². The lowest BCUT2D eigenvalue weighted by Crippen LogP contribution is -2.33. The summed E-state index contributed by atoms with van der Waals surface area (Å²) in [4.78, 5) is 14.9. The van der Waals surface area contributed by atoms with Gasteiger partial charge in [-0.1, -0.05) is 0 Å². The Kier molecular flexibility index (Phi) is 9.63. The molecule has 0 unspecified atom stereocenters. The van der Waals surface area contributed by atoms with Crippen LogP contribution in [0.15, 0.2) is 23.1 Å². The third kappa shape index (κ3) is 8.34. The Morgan fingerprint density at radius 1 is 1.06 bits per heavy atom. The predicted molar refractivity (Wildman–Crippen MR) is 122 cm³/mol. The number of anilines is 1. The van der Waals surface area contributed by atoms with Gasteiger partial charge in [-0.05, 0) is 96.5 Å². The minimum atomic E-state index is -3.95. The Bertz CT molecular complexity index is 819. The van der Waals surface area contributed by atoms with Gasteiger partial charge in [0.05, 0.1) is 9.82 Å².